The van der Waals surface area contributed by atoms with Gasteiger partial charge in [0, 0.05) is 13.0 Å². The van der Waals surface area contributed by atoms with E-state index in [-0.39, 0.29) is 11.4 Å². The first-order valence-corrected chi connectivity index (χ1v) is 17.9. The SMILES string of the molecule is Cc1ccc(S(=O)(=O)N(CCC#CC(O[Si](C)(C)C)(c2ccccc2)c2ccccc2)c2ccccc2)cc1. The van der Waals surface area contributed by atoms with Crippen LogP contribution >= 0.6 is 0 Å². The van der Waals surface area contributed by atoms with E-state index in [0.29, 0.717) is 12.1 Å². The molecule has 0 radical (unpaired) electrons. The number of hydrogen-bond acceptors (Lipinski definition) is 3. The highest BCUT2D eigenvalue weighted by Crippen LogP contribution is 2.36. The molecule has 0 heterocycles. The molecule has 0 saturated carbocycles. The molecule has 0 spiro atoms. The Kier molecular flexibility index (Phi) is 8.76. The first-order chi connectivity index (χ1) is 18.6. The van der Waals surface area contributed by atoms with E-state index in [0.717, 1.165) is 16.7 Å². The van der Waals surface area contributed by atoms with Crippen molar-refractivity contribution >= 4 is 24.0 Å². The second-order valence-electron chi connectivity index (χ2n) is 10.4. The number of anilines is 1. The van der Waals surface area contributed by atoms with E-state index >= 15 is 0 Å². The highest BCUT2D eigenvalue weighted by atomic mass is 32.2. The number of nitrogens with zero attached hydrogens (tertiary/aromatic N) is 1. The molecule has 0 fully saturated rings. The molecule has 0 aliphatic rings. The monoisotopic (exact) mass is 553 g/mol. The van der Waals surface area contributed by atoms with Crippen molar-refractivity contribution in [2.75, 3.05) is 10.8 Å². The van der Waals surface area contributed by atoms with Crippen LogP contribution < -0.4 is 4.31 Å². The van der Waals surface area contributed by atoms with Gasteiger partial charge in [-0.2, -0.15) is 0 Å². The van der Waals surface area contributed by atoms with E-state index in [4.69, 9.17) is 4.43 Å². The molecule has 4 rings (SSSR count). The van der Waals surface area contributed by atoms with Gasteiger partial charge in [-0.25, -0.2) is 8.42 Å². The molecule has 0 aromatic heterocycles. The zero-order chi connectivity index (χ0) is 27.9. The molecule has 0 aliphatic carbocycles. The smallest absolute Gasteiger partial charge is 0.264 e. The first kappa shape index (κ1) is 28.4. The molecule has 4 nitrogen and oxygen atoms in total. The summed E-state index contributed by atoms with van der Waals surface area (Å²) in [7, 11) is -5.86. The van der Waals surface area contributed by atoms with Crippen molar-refractivity contribution in [3.05, 3.63) is 132 Å². The van der Waals surface area contributed by atoms with Crippen LogP contribution in [0.15, 0.2) is 120 Å². The van der Waals surface area contributed by atoms with Crippen molar-refractivity contribution in [1.29, 1.82) is 0 Å². The maximum atomic E-state index is 13.7. The molecule has 0 atom stereocenters. The molecule has 0 amide bonds. The minimum Gasteiger partial charge on any atom is -0.395 e. The Bertz CT molecular complexity index is 1480. The Labute approximate surface area is 234 Å². The Balaban J connectivity index is 1.74. The van der Waals surface area contributed by atoms with Gasteiger partial charge < -0.3 is 4.43 Å². The van der Waals surface area contributed by atoms with E-state index < -0.39 is 23.9 Å². The minimum absolute atomic E-state index is 0.208. The van der Waals surface area contributed by atoms with E-state index in [2.05, 4.69) is 31.5 Å². The molecule has 200 valence electrons. The summed E-state index contributed by atoms with van der Waals surface area (Å²) >= 11 is 0. The summed E-state index contributed by atoms with van der Waals surface area (Å²) in [6.07, 6.45) is 0.330. The van der Waals surface area contributed by atoms with Crippen LogP contribution in [0, 0.1) is 18.8 Å². The summed E-state index contributed by atoms with van der Waals surface area (Å²) in [5.41, 5.74) is 2.57. The number of hydrogen-bond donors (Lipinski definition) is 0. The lowest BCUT2D eigenvalue weighted by Gasteiger charge is -2.36. The van der Waals surface area contributed by atoms with Gasteiger partial charge in [0.2, 0.25) is 0 Å². The fraction of sp³-hybridized carbons (Fsp3) is 0.212. The summed E-state index contributed by atoms with van der Waals surface area (Å²) in [5.74, 6) is 6.79. The zero-order valence-electron chi connectivity index (χ0n) is 23.0. The van der Waals surface area contributed by atoms with Crippen LogP contribution in [-0.2, 0) is 20.1 Å². The number of aryl methyl sites for hydroxylation is 1. The Morgan fingerprint density at radius 3 is 1.72 bits per heavy atom. The van der Waals surface area contributed by atoms with Gasteiger partial charge in [0.25, 0.3) is 10.0 Å². The number of sulfonamides is 1. The lowest BCUT2D eigenvalue weighted by molar-refractivity contribution is 0.166. The van der Waals surface area contributed by atoms with Gasteiger partial charge in [0.05, 0.1) is 10.6 Å². The van der Waals surface area contributed by atoms with Gasteiger partial charge in [0.15, 0.2) is 13.9 Å². The lowest BCUT2D eigenvalue weighted by Crippen LogP contribution is -2.40. The summed E-state index contributed by atoms with van der Waals surface area (Å²) in [4.78, 5) is 0.259. The molecule has 0 unspecified atom stereocenters. The summed E-state index contributed by atoms with van der Waals surface area (Å²) < 4.78 is 35.8. The quantitative estimate of drug-likeness (QED) is 0.160. The molecule has 0 saturated heterocycles. The first-order valence-electron chi connectivity index (χ1n) is 13.1. The lowest BCUT2D eigenvalue weighted by atomic mass is 9.87. The van der Waals surface area contributed by atoms with Crippen molar-refractivity contribution < 1.29 is 12.8 Å². The van der Waals surface area contributed by atoms with Crippen LogP contribution in [0.1, 0.15) is 23.1 Å². The van der Waals surface area contributed by atoms with Gasteiger partial charge in [-0.15, -0.1) is 0 Å². The molecule has 4 aromatic carbocycles. The van der Waals surface area contributed by atoms with E-state index in [1.165, 1.54) is 4.31 Å². The molecular weight excluding hydrogens is 519 g/mol. The van der Waals surface area contributed by atoms with Gasteiger partial charge in [0.1, 0.15) is 0 Å². The number of rotatable bonds is 9. The molecule has 39 heavy (non-hydrogen) atoms. The van der Waals surface area contributed by atoms with Crippen molar-refractivity contribution in [2.24, 2.45) is 0 Å². The van der Waals surface area contributed by atoms with Crippen LogP contribution in [0.2, 0.25) is 19.6 Å². The number of benzene rings is 4. The third-order valence-electron chi connectivity index (χ3n) is 6.18. The Hall–Kier alpha value is -3.63. The number of para-hydroxylation sites is 1. The Morgan fingerprint density at radius 2 is 1.23 bits per heavy atom. The van der Waals surface area contributed by atoms with Crippen molar-refractivity contribution in [2.45, 2.75) is 43.5 Å². The van der Waals surface area contributed by atoms with Gasteiger partial charge in [-0.05, 0) is 62.0 Å². The third-order valence-corrected chi connectivity index (χ3v) is 8.94. The summed E-state index contributed by atoms with van der Waals surface area (Å²) in [6.45, 7) is 8.61. The summed E-state index contributed by atoms with van der Waals surface area (Å²) in [6, 6.07) is 36.2. The van der Waals surface area contributed by atoms with E-state index in [1.54, 1.807) is 12.1 Å². The fourth-order valence-electron chi connectivity index (χ4n) is 4.42. The third kappa shape index (κ3) is 6.87. The second-order valence-corrected chi connectivity index (χ2v) is 16.7. The van der Waals surface area contributed by atoms with Crippen LogP contribution in [0.25, 0.3) is 0 Å². The van der Waals surface area contributed by atoms with Gasteiger partial charge >= 0.3 is 0 Å². The molecule has 4 aromatic rings. The van der Waals surface area contributed by atoms with E-state index in [9.17, 15) is 8.42 Å². The predicted octanol–water partition coefficient (Wildman–Crippen LogP) is 7.38. The Morgan fingerprint density at radius 1 is 0.744 bits per heavy atom. The predicted molar refractivity (Wildman–Crippen MR) is 163 cm³/mol. The maximum absolute atomic E-state index is 13.7. The van der Waals surface area contributed by atoms with E-state index in [1.807, 2.05) is 110 Å². The molecule has 0 bridgehead atoms. The minimum atomic E-state index is -3.78. The van der Waals surface area contributed by atoms with Gasteiger partial charge in [-0.3, -0.25) is 4.31 Å². The van der Waals surface area contributed by atoms with Crippen molar-refractivity contribution in [1.82, 2.24) is 0 Å². The second kappa shape index (κ2) is 12.0. The highest BCUT2D eigenvalue weighted by Gasteiger charge is 2.38. The molecule has 0 aliphatic heterocycles. The van der Waals surface area contributed by atoms with Crippen molar-refractivity contribution in [3.8, 4) is 11.8 Å². The van der Waals surface area contributed by atoms with Crippen LogP contribution in [0.5, 0.6) is 0 Å². The highest BCUT2D eigenvalue weighted by molar-refractivity contribution is 7.92. The maximum Gasteiger partial charge on any atom is 0.264 e. The largest absolute Gasteiger partial charge is 0.395 e. The summed E-state index contributed by atoms with van der Waals surface area (Å²) in [5, 5.41) is 0. The molecule has 0 N–H and O–H groups in total. The van der Waals surface area contributed by atoms with Crippen LogP contribution in [0.4, 0.5) is 5.69 Å². The fourth-order valence-corrected chi connectivity index (χ4v) is 7.09. The standard InChI is InChI=1S/C33H35NO3SSi/c1-28-22-24-32(25-23-28)38(35,36)34(31-20-12-7-13-21-31)27-15-14-26-33(37-39(2,3)4,29-16-8-5-9-17-29)30-18-10-6-11-19-30/h5-13,16-25H,15,27H2,1-4H3. The van der Waals surface area contributed by atoms with Crippen molar-refractivity contribution in [3.63, 3.8) is 0 Å². The van der Waals surface area contributed by atoms with Gasteiger partial charge in [-0.1, -0.05) is 108 Å². The molecular formula is C33H35NO3SSi. The average molecular weight is 554 g/mol. The zero-order valence-corrected chi connectivity index (χ0v) is 24.8. The topological polar surface area (TPSA) is 46.6 Å². The molecule has 6 heteroatoms. The van der Waals surface area contributed by atoms with Crippen LogP contribution in [0.3, 0.4) is 0 Å². The average Bonchev–Trinajstić information content (AvgIpc) is 2.93. The normalized spacial score (nSPS) is 11.9. The van der Waals surface area contributed by atoms with Crippen LogP contribution in [-0.4, -0.2) is 23.3 Å².